The van der Waals surface area contributed by atoms with Crippen LogP contribution in [0.15, 0.2) is 36.4 Å². The normalized spacial score (nSPS) is 19.0. The number of hydrogen-bond acceptors (Lipinski definition) is 9. The first-order valence-electron chi connectivity index (χ1n) is 14.0. The number of aliphatic hydroxyl groups is 1. The molecule has 5 heterocycles. The molecule has 2 atom stereocenters. The van der Waals surface area contributed by atoms with Gasteiger partial charge in [0.15, 0.2) is 5.13 Å². The Hall–Kier alpha value is -4.05. The summed E-state index contributed by atoms with van der Waals surface area (Å²) in [5.74, 6) is -0.868. The lowest BCUT2D eigenvalue weighted by Gasteiger charge is -2.37. The Kier molecular flexibility index (Phi) is 7.57. The number of hydrogen-bond donors (Lipinski definition) is 1. The van der Waals surface area contributed by atoms with Gasteiger partial charge in [-0.05, 0) is 49.7 Å². The summed E-state index contributed by atoms with van der Waals surface area (Å²) >= 11 is 1.29. The van der Waals surface area contributed by atoms with E-state index in [1.807, 2.05) is 28.3 Å². The lowest BCUT2D eigenvalue weighted by atomic mass is 10.0. The SMILES string of the molecule is CCc1nn2c(C)cc(N3CCN(C(=O)[C@@H]4COC[C@H]4O)CC3)cc2c1N(C)c1nc(-c2ccc(F)cc2)c(C#N)s1. The molecular weight excluding hydrogens is 557 g/mol. The maximum Gasteiger partial charge on any atom is 0.230 e. The van der Waals surface area contributed by atoms with Crippen LogP contribution in [0, 0.1) is 30.0 Å². The molecule has 0 saturated carbocycles. The number of thiazole rings is 1. The van der Waals surface area contributed by atoms with Crippen LogP contribution in [0.4, 0.5) is 20.9 Å². The average Bonchev–Trinajstić information content (AvgIpc) is 3.73. The summed E-state index contributed by atoms with van der Waals surface area (Å²) in [5, 5.41) is 25.5. The van der Waals surface area contributed by atoms with Crippen molar-refractivity contribution in [1.82, 2.24) is 19.5 Å². The molecule has 2 saturated heterocycles. The van der Waals surface area contributed by atoms with Crippen LogP contribution < -0.4 is 9.80 Å². The van der Waals surface area contributed by atoms with Gasteiger partial charge in [-0.2, -0.15) is 10.4 Å². The summed E-state index contributed by atoms with van der Waals surface area (Å²) in [7, 11) is 1.93. The highest BCUT2D eigenvalue weighted by Gasteiger charge is 2.36. The van der Waals surface area contributed by atoms with Gasteiger partial charge in [-0.1, -0.05) is 18.3 Å². The number of piperazine rings is 1. The Bertz CT molecular complexity index is 1670. The zero-order chi connectivity index (χ0) is 29.5. The fraction of sp³-hybridized carbons (Fsp3) is 0.400. The second kappa shape index (κ2) is 11.3. The summed E-state index contributed by atoms with van der Waals surface area (Å²) in [5.41, 5.74) is 5.97. The molecule has 2 aliphatic rings. The number of fused-ring (bicyclic) bond motifs is 1. The van der Waals surface area contributed by atoms with Crippen molar-refractivity contribution in [3.63, 3.8) is 0 Å². The maximum absolute atomic E-state index is 13.5. The van der Waals surface area contributed by atoms with E-state index in [-0.39, 0.29) is 24.9 Å². The Balaban J connectivity index is 1.30. The number of ether oxygens (including phenoxy) is 1. The molecule has 2 aliphatic heterocycles. The Labute approximate surface area is 247 Å². The summed E-state index contributed by atoms with van der Waals surface area (Å²) in [6.45, 7) is 7.05. The van der Waals surface area contributed by atoms with Crippen molar-refractivity contribution in [1.29, 1.82) is 5.26 Å². The number of aliphatic hydroxyl groups excluding tert-OH is 1. The van der Waals surface area contributed by atoms with Crippen molar-refractivity contribution in [2.75, 3.05) is 56.2 Å². The number of benzene rings is 1. The van der Waals surface area contributed by atoms with Gasteiger partial charge in [-0.25, -0.2) is 13.9 Å². The van der Waals surface area contributed by atoms with E-state index in [2.05, 4.69) is 30.0 Å². The van der Waals surface area contributed by atoms with Crippen LogP contribution in [0.5, 0.6) is 0 Å². The Morgan fingerprint density at radius 1 is 1.21 bits per heavy atom. The quantitative estimate of drug-likeness (QED) is 0.362. The third kappa shape index (κ3) is 4.98. The first-order valence-corrected chi connectivity index (χ1v) is 14.8. The predicted molar refractivity (Wildman–Crippen MR) is 159 cm³/mol. The smallest absolute Gasteiger partial charge is 0.230 e. The predicted octanol–water partition coefficient (Wildman–Crippen LogP) is 3.76. The molecule has 0 unspecified atom stereocenters. The lowest BCUT2D eigenvalue weighted by Crippen LogP contribution is -2.51. The van der Waals surface area contributed by atoms with Crippen LogP contribution in [0.3, 0.4) is 0 Å². The van der Waals surface area contributed by atoms with Crippen LogP contribution >= 0.6 is 11.3 Å². The Morgan fingerprint density at radius 2 is 1.95 bits per heavy atom. The number of pyridine rings is 1. The number of aromatic nitrogens is 3. The minimum Gasteiger partial charge on any atom is -0.390 e. The Morgan fingerprint density at radius 3 is 2.60 bits per heavy atom. The number of carbonyl (C=O) groups excluding carboxylic acids is 1. The zero-order valence-corrected chi connectivity index (χ0v) is 24.6. The van der Waals surface area contributed by atoms with Crippen molar-refractivity contribution >= 4 is 39.3 Å². The molecule has 1 amide bonds. The highest BCUT2D eigenvalue weighted by Crippen LogP contribution is 2.39. The number of rotatable bonds is 6. The lowest BCUT2D eigenvalue weighted by molar-refractivity contribution is -0.138. The standard InChI is InChI=1S/C30H32FN7O3S/c1-4-23-28(35(3)30-33-27(26(15-32)42-30)19-5-7-20(31)8-6-19)24-14-21(13-18(2)38(24)34-23)36-9-11-37(12-10-36)29(40)22-16-41-17-25(22)39/h5-8,13-14,22,25,39H,4,9-12,16-17H2,1-3H3/t22-,25-/m1/s1. The van der Waals surface area contributed by atoms with Gasteiger partial charge in [-0.3, -0.25) is 4.79 Å². The molecule has 1 N–H and O–H groups in total. The van der Waals surface area contributed by atoms with E-state index in [1.54, 1.807) is 12.1 Å². The van der Waals surface area contributed by atoms with Gasteiger partial charge in [0, 0.05) is 50.2 Å². The zero-order valence-electron chi connectivity index (χ0n) is 23.7. The van der Waals surface area contributed by atoms with Crippen molar-refractivity contribution in [2.24, 2.45) is 5.92 Å². The highest BCUT2D eigenvalue weighted by molar-refractivity contribution is 7.16. The van der Waals surface area contributed by atoms with Gasteiger partial charge in [-0.15, -0.1) is 0 Å². The van der Waals surface area contributed by atoms with E-state index in [0.717, 1.165) is 28.3 Å². The molecular formula is C30H32FN7O3S. The van der Waals surface area contributed by atoms with E-state index < -0.39 is 12.0 Å². The van der Waals surface area contributed by atoms with Crippen LogP contribution in [0.25, 0.3) is 16.8 Å². The fourth-order valence-corrected chi connectivity index (χ4v) is 6.59. The van der Waals surface area contributed by atoms with E-state index in [0.29, 0.717) is 53.9 Å². The van der Waals surface area contributed by atoms with Gasteiger partial charge < -0.3 is 24.5 Å². The number of aryl methyl sites for hydroxylation is 2. The summed E-state index contributed by atoms with van der Waals surface area (Å²) < 4.78 is 20.8. The number of halogens is 1. The van der Waals surface area contributed by atoms with E-state index in [1.165, 1.54) is 23.5 Å². The van der Waals surface area contributed by atoms with E-state index in [4.69, 9.17) is 14.8 Å². The van der Waals surface area contributed by atoms with E-state index >= 15 is 0 Å². The number of anilines is 3. The molecule has 0 bridgehead atoms. The minimum atomic E-state index is -0.737. The van der Waals surface area contributed by atoms with Crippen LogP contribution in [0.1, 0.15) is 23.2 Å². The van der Waals surface area contributed by atoms with Crippen molar-refractivity contribution in [3.05, 3.63) is 58.5 Å². The third-order valence-corrected chi connectivity index (χ3v) is 9.09. The first kappa shape index (κ1) is 28.1. The van der Waals surface area contributed by atoms with Crippen molar-refractivity contribution in [3.8, 4) is 17.3 Å². The third-order valence-electron chi connectivity index (χ3n) is 8.06. The van der Waals surface area contributed by atoms with Gasteiger partial charge >= 0.3 is 0 Å². The molecule has 4 aromatic rings. The largest absolute Gasteiger partial charge is 0.390 e. The highest BCUT2D eigenvalue weighted by atomic mass is 32.1. The number of carbonyl (C=O) groups is 1. The average molecular weight is 590 g/mol. The summed E-state index contributed by atoms with van der Waals surface area (Å²) in [4.78, 5) is 24.3. The topological polar surface area (TPSA) is 110 Å². The molecule has 42 heavy (non-hydrogen) atoms. The monoisotopic (exact) mass is 589 g/mol. The summed E-state index contributed by atoms with van der Waals surface area (Å²) in [6, 6.07) is 12.5. The number of amides is 1. The van der Waals surface area contributed by atoms with Gasteiger partial charge in [0.05, 0.1) is 42.1 Å². The van der Waals surface area contributed by atoms with Gasteiger partial charge in [0.1, 0.15) is 22.5 Å². The first-order chi connectivity index (χ1) is 20.3. The molecule has 218 valence electrons. The molecule has 3 aromatic heterocycles. The van der Waals surface area contributed by atoms with Crippen LogP contribution in [-0.2, 0) is 16.0 Å². The maximum atomic E-state index is 13.5. The molecule has 6 rings (SSSR count). The van der Waals surface area contributed by atoms with Crippen molar-refractivity contribution < 1.29 is 19.0 Å². The number of nitrogens with zero attached hydrogens (tertiary/aromatic N) is 7. The van der Waals surface area contributed by atoms with Crippen LogP contribution in [0.2, 0.25) is 0 Å². The summed E-state index contributed by atoms with van der Waals surface area (Å²) in [6.07, 6.45) is -0.0333. The molecule has 10 nitrogen and oxygen atoms in total. The van der Waals surface area contributed by atoms with Crippen molar-refractivity contribution in [2.45, 2.75) is 26.4 Å². The second-order valence-electron chi connectivity index (χ2n) is 10.7. The fourth-order valence-electron chi connectivity index (χ4n) is 5.74. The van der Waals surface area contributed by atoms with Crippen LogP contribution in [-0.4, -0.2) is 83.1 Å². The molecule has 1 aromatic carbocycles. The molecule has 0 radical (unpaired) electrons. The van der Waals surface area contributed by atoms with Gasteiger partial charge in [0.25, 0.3) is 0 Å². The molecule has 0 aliphatic carbocycles. The molecule has 2 fully saturated rings. The van der Waals surface area contributed by atoms with E-state index in [9.17, 15) is 19.6 Å². The molecule has 12 heteroatoms. The molecule has 0 spiro atoms. The second-order valence-corrected chi connectivity index (χ2v) is 11.7. The number of nitriles is 1. The minimum absolute atomic E-state index is 0.0428. The van der Waals surface area contributed by atoms with Gasteiger partial charge in [0.2, 0.25) is 5.91 Å².